The Kier molecular flexibility index (Phi) is 7.62. The molecule has 37 heavy (non-hydrogen) atoms. The van der Waals surface area contributed by atoms with Crippen molar-refractivity contribution in [2.45, 2.75) is 70.8 Å². The van der Waals surface area contributed by atoms with Gasteiger partial charge in [-0.2, -0.15) is 0 Å². The van der Waals surface area contributed by atoms with Gasteiger partial charge in [-0.05, 0) is 63.3 Å². The summed E-state index contributed by atoms with van der Waals surface area (Å²) in [5, 5.41) is 3.05. The van der Waals surface area contributed by atoms with E-state index in [2.05, 4.69) is 5.32 Å². The van der Waals surface area contributed by atoms with Crippen molar-refractivity contribution in [3.05, 3.63) is 65.2 Å². The van der Waals surface area contributed by atoms with Gasteiger partial charge in [-0.15, -0.1) is 0 Å². The van der Waals surface area contributed by atoms with Crippen LogP contribution in [0.5, 0.6) is 0 Å². The second-order valence-electron chi connectivity index (χ2n) is 10.7. The van der Waals surface area contributed by atoms with E-state index >= 15 is 8.78 Å². The normalized spacial score (nSPS) is 21.1. The van der Waals surface area contributed by atoms with Crippen LogP contribution in [0.25, 0.3) is 0 Å². The first-order chi connectivity index (χ1) is 17.4. The molecular weight excluding hydrogens is 480 g/mol. The minimum absolute atomic E-state index is 0.0867. The van der Waals surface area contributed by atoms with Crippen LogP contribution in [-0.2, 0) is 22.5 Å². The lowest BCUT2D eigenvalue weighted by atomic mass is 9.91. The van der Waals surface area contributed by atoms with Crippen LogP contribution in [0.3, 0.4) is 0 Å². The Morgan fingerprint density at radius 3 is 2.46 bits per heavy atom. The zero-order chi connectivity index (χ0) is 26.8. The molecule has 200 valence electrons. The SMILES string of the molecule is CC1c2cccc(NC3CCN(C(=O)OC(C)(C)C)CC3(F)F)c2CCN1C(=O)OCc1ccccc1. The first kappa shape index (κ1) is 26.7. The molecule has 2 aromatic carbocycles. The fraction of sp³-hybridized carbons (Fsp3) is 0.500. The predicted octanol–water partition coefficient (Wildman–Crippen LogP) is 6.00. The summed E-state index contributed by atoms with van der Waals surface area (Å²) in [7, 11) is 0. The van der Waals surface area contributed by atoms with Crippen LogP contribution in [0.1, 0.15) is 56.8 Å². The van der Waals surface area contributed by atoms with Crippen LogP contribution in [0.4, 0.5) is 24.1 Å². The van der Waals surface area contributed by atoms with Crippen LogP contribution in [0.15, 0.2) is 48.5 Å². The number of benzene rings is 2. The number of hydrogen-bond acceptors (Lipinski definition) is 5. The number of alkyl halides is 2. The molecule has 0 bridgehead atoms. The van der Waals surface area contributed by atoms with Gasteiger partial charge >= 0.3 is 12.2 Å². The van der Waals surface area contributed by atoms with Gasteiger partial charge < -0.3 is 24.6 Å². The lowest BCUT2D eigenvalue weighted by molar-refractivity contribution is -0.0770. The third-order valence-electron chi connectivity index (χ3n) is 6.75. The number of ether oxygens (including phenoxy) is 2. The third-order valence-corrected chi connectivity index (χ3v) is 6.75. The molecule has 2 amide bonds. The van der Waals surface area contributed by atoms with Crippen LogP contribution in [0, 0.1) is 0 Å². The minimum Gasteiger partial charge on any atom is -0.445 e. The molecule has 7 nitrogen and oxygen atoms in total. The molecule has 0 saturated carbocycles. The molecule has 1 N–H and O–H groups in total. The fourth-order valence-electron chi connectivity index (χ4n) is 4.84. The van der Waals surface area contributed by atoms with Gasteiger partial charge in [-0.3, -0.25) is 0 Å². The lowest BCUT2D eigenvalue weighted by Gasteiger charge is -2.40. The monoisotopic (exact) mass is 515 g/mol. The summed E-state index contributed by atoms with van der Waals surface area (Å²) in [5.74, 6) is -3.13. The summed E-state index contributed by atoms with van der Waals surface area (Å²) >= 11 is 0. The molecule has 2 atom stereocenters. The summed E-state index contributed by atoms with van der Waals surface area (Å²) in [5.41, 5.74) is 2.63. The maximum Gasteiger partial charge on any atom is 0.410 e. The van der Waals surface area contributed by atoms with Crippen LogP contribution in [0.2, 0.25) is 0 Å². The summed E-state index contributed by atoms with van der Waals surface area (Å²) in [6, 6.07) is 13.6. The predicted molar refractivity (Wildman–Crippen MR) is 137 cm³/mol. The molecule has 4 rings (SSSR count). The van der Waals surface area contributed by atoms with E-state index in [1.165, 1.54) is 0 Å². The molecule has 0 aliphatic carbocycles. The zero-order valence-electron chi connectivity index (χ0n) is 21.8. The molecule has 0 aromatic heterocycles. The maximum atomic E-state index is 15.1. The fourth-order valence-corrected chi connectivity index (χ4v) is 4.84. The minimum atomic E-state index is -3.13. The van der Waals surface area contributed by atoms with Crippen molar-refractivity contribution >= 4 is 17.9 Å². The number of carbonyl (C=O) groups excluding carboxylic acids is 2. The zero-order valence-corrected chi connectivity index (χ0v) is 21.8. The van der Waals surface area contributed by atoms with Crippen molar-refractivity contribution in [2.24, 2.45) is 0 Å². The van der Waals surface area contributed by atoms with E-state index in [9.17, 15) is 9.59 Å². The summed E-state index contributed by atoms with van der Waals surface area (Å²) in [6.45, 7) is 7.13. The number of nitrogens with one attached hydrogen (secondary N) is 1. The number of piperidine rings is 1. The van der Waals surface area contributed by atoms with E-state index in [0.29, 0.717) is 18.7 Å². The van der Waals surface area contributed by atoms with Crippen LogP contribution >= 0.6 is 0 Å². The second kappa shape index (κ2) is 10.6. The molecule has 0 radical (unpaired) electrons. The number of nitrogens with zero attached hydrogens (tertiary/aromatic N) is 2. The highest BCUT2D eigenvalue weighted by Crippen LogP contribution is 2.37. The van der Waals surface area contributed by atoms with Gasteiger partial charge in [-0.1, -0.05) is 42.5 Å². The average molecular weight is 516 g/mol. The molecule has 2 aromatic rings. The van der Waals surface area contributed by atoms with E-state index in [1.807, 2.05) is 49.4 Å². The number of amides is 2. The number of hydrogen-bond donors (Lipinski definition) is 1. The summed E-state index contributed by atoms with van der Waals surface area (Å²) < 4.78 is 41.0. The van der Waals surface area contributed by atoms with Crippen molar-refractivity contribution in [1.82, 2.24) is 9.80 Å². The van der Waals surface area contributed by atoms with Crippen molar-refractivity contribution in [1.29, 1.82) is 0 Å². The van der Waals surface area contributed by atoms with Crippen molar-refractivity contribution in [2.75, 3.05) is 25.0 Å². The van der Waals surface area contributed by atoms with Crippen LogP contribution < -0.4 is 5.32 Å². The van der Waals surface area contributed by atoms with E-state index in [-0.39, 0.29) is 25.6 Å². The smallest absolute Gasteiger partial charge is 0.410 e. The quantitative estimate of drug-likeness (QED) is 0.541. The molecular formula is C28H35F2N3O4. The Labute approximate surface area is 216 Å². The standard InChI is InChI=1S/C28H35F2N3O4/c1-19-21-11-8-12-23(22(21)13-16-33(19)26(35)36-17-20-9-6-5-7-10-20)31-24-14-15-32(18-28(24,29)30)25(34)37-27(2,3)4/h5-12,19,24,31H,13-18H2,1-4H3. The highest BCUT2D eigenvalue weighted by Gasteiger charge is 2.47. The Balaban J connectivity index is 1.41. The van der Waals surface area contributed by atoms with Gasteiger partial charge in [0.05, 0.1) is 18.6 Å². The average Bonchev–Trinajstić information content (AvgIpc) is 2.83. The largest absolute Gasteiger partial charge is 0.445 e. The Hall–Kier alpha value is -3.36. The van der Waals surface area contributed by atoms with E-state index in [0.717, 1.165) is 21.6 Å². The van der Waals surface area contributed by atoms with Gasteiger partial charge in [0.1, 0.15) is 12.2 Å². The molecule has 1 fully saturated rings. The number of halogens is 2. The highest BCUT2D eigenvalue weighted by atomic mass is 19.3. The summed E-state index contributed by atoms with van der Waals surface area (Å²) in [4.78, 5) is 27.9. The molecule has 2 aliphatic rings. The lowest BCUT2D eigenvalue weighted by Crippen LogP contribution is -2.56. The topological polar surface area (TPSA) is 71.1 Å². The Morgan fingerprint density at radius 2 is 1.78 bits per heavy atom. The molecule has 9 heteroatoms. The molecule has 2 heterocycles. The number of carbonyl (C=O) groups is 2. The van der Waals surface area contributed by atoms with Crippen molar-refractivity contribution in [3.63, 3.8) is 0 Å². The van der Waals surface area contributed by atoms with Crippen LogP contribution in [-0.4, -0.2) is 59.2 Å². The molecule has 2 aliphatic heterocycles. The van der Waals surface area contributed by atoms with Gasteiger partial charge in [-0.25, -0.2) is 18.4 Å². The van der Waals surface area contributed by atoms with Gasteiger partial charge in [0.25, 0.3) is 5.92 Å². The molecule has 1 saturated heterocycles. The highest BCUT2D eigenvalue weighted by molar-refractivity contribution is 5.70. The van der Waals surface area contributed by atoms with E-state index < -0.39 is 36.3 Å². The van der Waals surface area contributed by atoms with Crippen molar-refractivity contribution in [3.8, 4) is 0 Å². The third kappa shape index (κ3) is 6.32. The number of fused-ring (bicyclic) bond motifs is 1. The second-order valence-corrected chi connectivity index (χ2v) is 10.7. The molecule has 0 spiro atoms. The maximum absolute atomic E-state index is 15.1. The Bertz CT molecular complexity index is 1120. The number of rotatable bonds is 4. The first-order valence-corrected chi connectivity index (χ1v) is 12.7. The number of anilines is 1. The summed E-state index contributed by atoms with van der Waals surface area (Å²) in [6.07, 6.45) is -0.521. The first-order valence-electron chi connectivity index (χ1n) is 12.7. The van der Waals surface area contributed by atoms with Gasteiger partial charge in [0, 0.05) is 18.8 Å². The van der Waals surface area contributed by atoms with Gasteiger partial charge in [0.2, 0.25) is 0 Å². The van der Waals surface area contributed by atoms with E-state index in [1.54, 1.807) is 31.7 Å². The van der Waals surface area contributed by atoms with E-state index in [4.69, 9.17) is 9.47 Å². The molecule has 2 unspecified atom stereocenters. The van der Waals surface area contributed by atoms with Crippen molar-refractivity contribution < 1.29 is 27.8 Å². The van der Waals surface area contributed by atoms with Gasteiger partial charge in [0.15, 0.2) is 0 Å². The number of likely N-dealkylation sites (tertiary alicyclic amines) is 1. The Morgan fingerprint density at radius 1 is 1.05 bits per heavy atom.